The second kappa shape index (κ2) is 6.93. The zero-order valence-corrected chi connectivity index (χ0v) is 20.6. The van der Waals surface area contributed by atoms with Crippen LogP contribution in [0, 0.1) is 28.6 Å². The lowest BCUT2D eigenvalue weighted by atomic mass is 9.44. The molecular weight excluding hydrogens is 484 g/mol. The number of hydrogen-bond acceptors (Lipinski definition) is 3. The molecule has 0 amide bonds. The third-order valence-corrected chi connectivity index (χ3v) is 12.5. The summed E-state index contributed by atoms with van der Waals surface area (Å²) >= 11 is 8.27. The van der Waals surface area contributed by atoms with Crippen molar-refractivity contribution in [3.05, 3.63) is 11.6 Å². The second-order valence-corrected chi connectivity index (χ2v) is 12.7. The van der Waals surface area contributed by atoms with E-state index in [1.807, 2.05) is 0 Å². The standard InChI is InChI=1S/C23H32Br2O3/c1-13(26)17-5-6-18-16-11-20(24)23(25)12-15(28-14(2)27)7-10-22(23,4)19(16)8-9-21(17,18)3/h5,15-16,18-20H,6-12H2,1-4H3/t15-,16-,18-,19-,20+,21+,22+,23-/m0/s1. The van der Waals surface area contributed by atoms with Crippen molar-refractivity contribution in [1.82, 2.24) is 0 Å². The van der Waals surface area contributed by atoms with E-state index in [-0.39, 0.29) is 33.0 Å². The van der Waals surface area contributed by atoms with Gasteiger partial charge in [-0.15, -0.1) is 0 Å². The minimum atomic E-state index is -0.174. The number of rotatable bonds is 2. The van der Waals surface area contributed by atoms with Gasteiger partial charge in [-0.05, 0) is 79.6 Å². The SMILES string of the molecule is CC(=O)O[C@H]1CC[C@]2(C)[C@H]3CC[C@]4(C)C(C(C)=O)=CC[C@H]4[C@@H]3C[C@@H](Br)[C@@]2(Br)C1. The van der Waals surface area contributed by atoms with Gasteiger partial charge in [-0.3, -0.25) is 9.59 Å². The molecule has 0 N–H and O–H groups in total. The summed E-state index contributed by atoms with van der Waals surface area (Å²) in [6.45, 7) is 8.06. The summed E-state index contributed by atoms with van der Waals surface area (Å²) < 4.78 is 5.57. The molecule has 0 spiro atoms. The molecule has 0 heterocycles. The van der Waals surface area contributed by atoms with Crippen LogP contribution in [0.2, 0.25) is 0 Å². The van der Waals surface area contributed by atoms with Gasteiger partial charge in [-0.1, -0.05) is 51.8 Å². The molecule has 5 heteroatoms. The third-order valence-electron chi connectivity index (χ3n) is 8.98. The van der Waals surface area contributed by atoms with Crippen molar-refractivity contribution < 1.29 is 14.3 Å². The Morgan fingerprint density at radius 2 is 1.86 bits per heavy atom. The highest BCUT2D eigenvalue weighted by Crippen LogP contribution is 2.70. The van der Waals surface area contributed by atoms with E-state index in [0.717, 1.165) is 44.1 Å². The van der Waals surface area contributed by atoms with Crippen molar-refractivity contribution in [2.75, 3.05) is 0 Å². The number of alkyl halides is 2. The van der Waals surface area contributed by atoms with E-state index in [1.165, 1.54) is 13.3 Å². The normalized spacial score (nSPS) is 50.1. The number of Topliss-reactive ketones (excluding diaryl/α,β-unsaturated/α-hetero) is 1. The molecule has 28 heavy (non-hydrogen) atoms. The number of carbonyl (C=O) groups is 2. The van der Waals surface area contributed by atoms with Crippen LogP contribution in [0.4, 0.5) is 0 Å². The fraction of sp³-hybridized carbons (Fsp3) is 0.826. The molecule has 0 aromatic heterocycles. The molecule has 4 aliphatic carbocycles. The highest BCUT2D eigenvalue weighted by Gasteiger charge is 2.66. The number of allylic oxidation sites excluding steroid dienone is 2. The fourth-order valence-electron chi connectivity index (χ4n) is 7.60. The van der Waals surface area contributed by atoms with Gasteiger partial charge in [-0.25, -0.2) is 0 Å². The monoisotopic (exact) mass is 514 g/mol. The maximum Gasteiger partial charge on any atom is 0.302 e. The van der Waals surface area contributed by atoms with Crippen LogP contribution in [0.25, 0.3) is 0 Å². The number of carbonyl (C=O) groups excluding carboxylic acids is 2. The van der Waals surface area contributed by atoms with Gasteiger partial charge in [0.05, 0.1) is 0 Å². The maximum absolute atomic E-state index is 12.3. The van der Waals surface area contributed by atoms with Crippen molar-refractivity contribution in [3.8, 4) is 0 Å². The van der Waals surface area contributed by atoms with Gasteiger partial charge in [0.2, 0.25) is 0 Å². The van der Waals surface area contributed by atoms with E-state index < -0.39 is 0 Å². The lowest BCUT2D eigenvalue weighted by Gasteiger charge is -2.65. The first-order valence-electron chi connectivity index (χ1n) is 10.7. The summed E-state index contributed by atoms with van der Waals surface area (Å²) in [6, 6.07) is 0. The van der Waals surface area contributed by atoms with Crippen LogP contribution in [0.3, 0.4) is 0 Å². The molecule has 0 aromatic carbocycles. The molecule has 4 rings (SSSR count). The van der Waals surface area contributed by atoms with Crippen molar-refractivity contribution in [2.24, 2.45) is 28.6 Å². The molecule has 0 bridgehead atoms. The van der Waals surface area contributed by atoms with Crippen LogP contribution in [-0.4, -0.2) is 27.0 Å². The third kappa shape index (κ3) is 2.85. The van der Waals surface area contributed by atoms with Crippen molar-refractivity contribution in [3.63, 3.8) is 0 Å². The highest BCUT2D eigenvalue weighted by molar-refractivity contribution is 9.12. The minimum Gasteiger partial charge on any atom is -0.463 e. The van der Waals surface area contributed by atoms with Crippen LogP contribution in [0.15, 0.2) is 11.6 Å². The van der Waals surface area contributed by atoms with Gasteiger partial charge in [0.15, 0.2) is 5.78 Å². The Bertz CT molecular complexity index is 733. The fourth-order valence-corrected chi connectivity index (χ4v) is 9.78. The average Bonchev–Trinajstić information content (AvgIpc) is 2.95. The molecule has 0 saturated heterocycles. The minimum absolute atomic E-state index is 0.00729. The molecule has 8 atom stereocenters. The Hall–Kier alpha value is -0.160. The molecular formula is C23H32Br2O3. The number of halogens is 2. The number of hydrogen-bond donors (Lipinski definition) is 0. The second-order valence-electron chi connectivity index (χ2n) is 10.2. The quantitative estimate of drug-likeness (QED) is 0.335. The zero-order valence-electron chi connectivity index (χ0n) is 17.4. The zero-order chi connectivity index (χ0) is 20.5. The average molecular weight is 516 g/mol. The van der Waals surface area contributed by atoms with Gasteiger partial charge >= 0.3 is 5.97 Å². The lowest BCUT2D eigenvalue weighted by molar-refractivity contribution is -0.154. The van der Waals surface area contributed by atoms with E-state index in [4.69, 9.17) is 4.74 Å². The van der Waals surface area contributed by atoms with E-state index in [2.05, 4.69) is 51.8 Å². The first kappa shape index (κ1) is 21.1. The van der Waals surface area contributed by atoms with Gasteiger partial charge in [0.25, 0.3) is 0 Å². The molecule has 0 aromatic rings. The van der Waals surface area contributed by atoms with Crippen LogP contribution in [-0.2, 0) is 14.3 Å². The number of ether oxygens (including phenoxy) is 1. The molecule has 0 radical (unpaired) electrons. The first-order valence-corrected chi connectivity index (χ1v) is 12.5. The van der Waals surface area contributed by atoms with Gasteiger partial charge < -0.3 is 4.74 Å². The Balaban J connectivity index is 1.64. The molecule has 0 aliphatic heterocycles. The molecule has 0 unspecified atom stereocenters. The van der Waals surface area contributed by atoms with Crippen molar-refractivity contribution in [1.29, 1.82) is 0 Å². The number of fused-ring (bicyclic) bond motifs is 5. The summed E-state index contributed by atoms with van der Waals surface area (Å²) in [5.74, 6) is 1.95. The van der Waals surface area contributed by atoms with Crippen LogP contribution >= 0.6 is 31.9 Å². The van der Waals surface area contributed by atoms with Crippen LogP contribution in [0.5, 0.6) is 0 Å². The number of ketones is 1. The molecule has 3 saturated carbocycles. The molecule has 3 nitrogen and oxygen atoms in total. The predicted molar refractivity (Wildman–Crippen MR) is 118 cm³/mol. The lowest BCUT2D eigenvalue weighted by Crippen LogP contribution is -2.64. The maximum atomic E-state index is 12.3. The molecule has 156 valence electrons. The van der Waals surface area contributed by atoms with Crippen LogP contribution in [0.1, 0.15) is 72.6 Å². The first-order chi connectivity index (χ1) is 13.0. The predicted octanol–water partition coefficient (Wildman–Crippen LogP) is 5.98. The van der Waals surface area contributed by atoms with E-state index in [1.54, 1.807) is 6.92 Å². The van der Waals surface area contributed by atoms with Gasteiger partial charge in [0, 0.05) is 22.5 Å². The molecule has 3 fully saturated rings. The van der Waals surface area contributed by atoms with Gasteiger partial charge in [0.1, 0.15) is 6.10 Å². The van der Waals surface area contributed by atoms with E-state index in [9.17, 15) is 9.59 Å². The Labute approximate surface area is 185 Å². The van der Waals surface area contributed by atoms with Crippen LogP contribution < -0.4 is 0 Å². The Morgan fingerprint density at radius 3 is 2.50 bits per heavy atom. The Morgan fingerprint density at radius 1 is 1.14 bits per heavy atom. The van der Waals surface area contributed by atoms with E-state index >= 15 is 0 Å². The van der Waals surface area contributed by atoms with Crippen molar-refractivity contribution >= 4 is 43.6 Å². The summed E-state index contributed by atoms with van der Waals surface area (Å²) in [5, 5.41) is 0. The van der Waals surface area contributed by atoms with Gasteiger partial charge in [-0.2, -0.15) is 0 Å². The summed E-state index contributed by atoms with van der Waals surface area (Å²) in [7, 11) is 0. The highest BCUT2D eigenvalue weighted by atomic mass is 79.9. The summed E-state index contributed by atoms with van der Waals surface area (Å²) in [5.41, 5.74) is 1.31. The largest absolute Gasteiger partial charge is 0.463 e. The summed E-state index contributed by atoms with van der Waals surface area (Å²) in [6.07, 6.45) is 9.63. The Kier molecular flexibility index (Phi) is 5.22. The van der Waals surface area contributed by atoms with E-state index in [0.29, 0.717) is 22.6 Å². The smallest absolute Gasteiger partial charge is 0.302 e. The van der Waals surface area contributed by atoms with Crippen molar-refractivity contribution in [2.45, 2.75) is 87.9 Å². The summed E-state index contributed by atoms with van der Waals surface area (Å²) in [4.78, 5) is 24.1. The molecule has 4 aliphatic rings. The number of esters is 1. The topological polar surface area (TPSA) is 43.4 Å².